The fourth-order valence-corrected chi connectivity index (χ4v) is 3.13. The Bertz CT molecular complexity index is 723. The van der Waals surface area contributed by atoms with E-state index in [1.807, 2.05) is 12.3 Å². The van der Waals surface area contributed by atoms with Gasteiger partial charge in [0.15, 0.2) is 0 Å². The van der Waals surface area contributed by atoms with Gasteiger partial charge >= 0.3 is 0 Å². The molecule has 1 aromatic carbocycles. The van der Waals surface area contributed by atoms with Crippen LogP contribution in [0.1, 0.15) is 24.3 Å². The van der Waals surface area contributed by atoms with Gasteiger partial charge in [-0.1, -0.05) is 6.07 Å². The van der Waals surface area contributed by atoms with E-state index in [0.29, 0.717) is 5.92 Å². The molecule has 1 fully saturated rings. The van der Waals surface area contributed by atoms with Crippen LogP contribution in [0.25, 0.3) is 21.9 Å². The molecule has 96 valence electrons. The minimum Gasteiger partial charge on any atom is -0.339 e. The average molecular weight is 251 g/mol. The molecular formula is C16H17N3. The summed E-state index contributed by atoms with van der Waals surface area (Å²) in [5.74, 6) is 0.653. The van der Waals surface area contributed by atoms with Crippen molar-refractivity contribution in [2.45, 2.75) is 18.8 Å². The van der Waals surface area contributed by atoms with Crippen LogP contribution in [0, 0.1) is 0 Å². The van der Waals surface area contributed by atoms with Gasteiger partial charge in [-0.25, -0.2) is 4.98 Å². The molecule has 1 aliphatic heterocycles. The Hall–Kier alpha value is -1.87. The van der Waals surface area contributed by atoms with Crippen LogP contribution in [0.15, 0.2) is 36.5 Å². The van der Waals surface area contributed by atoms with Gasteiger partial charge in [0, 0.05) is 29.0 Å². The van der Waals surface area contributed by atoms with Crippen LogP contribution in [0.4, 0.5) is 0 Å². The van der Waals surface area contributed by atoms with E-state index in [1.165, 1.54) is 34.7 Å². The van der Waals surface area contributed by atoms with Crippen LogP contribution in [0.5, 0.6) is 0 Å². The van der Waals surface area contributed by atoms with Gasteiger partial charge in [-0.2, -0.15) is 0 Å². The monoisotopic (exact) mass is 251 g/mol. The highest BCUT2D eigenvalue weighted by atomic mass is 14.9. The maximum absolute atomic E-state index is 4.39. The molecule has 1 atom stereocenters. The van der Waals surface area contributed by atoms with Crippen molar-refractivity contribution in [1.29, 1.82) is 0 Å². The fraction of sp³-hybridized carbons (Fsp3) is 0.312. The molecule has 0 radical (unpaired) electrons. The summed E-state index contributed by atoms with van der Waals surface area (Å²) in [4.78, 5) is 7.77. The molecular weight excluding hydrogens is 234 g/mol. The first-order chi connectivity index (χ1) is 9.42. The molecule has 1 unspecified atom stereocenters. The van der Waals surface area contributed by atoms with E-state index in [-0.39, 0.29) is 0 Å². The van der Waals surface area contributed by atoms with E-state index in [1.54, 1.807) is 0 Å². The van der Waals surface area contributed by atoms with E-state index >= 15 is 0 Å². The van der Waals surface area contributed by atoms with Gasteiger partial charge in [0.25, 0.3) is 0 Å². The second kappa shape index (κ2) is 4.35. The highest BCUT2D eigenvalue weighted by Gasteiger charge is 2.16. The molecule has 1 saturated heterocycles. The number of hydrogen-bond donors (Lipinski definition) is 2. The Balaban J connectivity index is 1.87. The van der Waals surface area contributed by atoms with E-state index in [2.05, 4.69) is 39.6 Å². The van der Waals surface area contributed by atoms with Crippen LogP contribution >= 0.6 is 0 Å². The number of rotatable bonds is 1. The largest absolute Gasteiger partial charge is 0.339 e. The molecule has 3 nitrogen and oxygen atoms in total. The Labute approximate surface area is 112 Å². The third-order valence-corrected chi connectivity index (χ3v) is 4.16. The number of nitrogens with zero attached hydrogens (tertiary/aromatic N) is 1. The van der Waals surface area contributed by atoms with Crippen LogP contribution < -0.4 is 5.32 Å². The minimum absolute atomic E-state index is 0.653. The predicted molar refractivity (Wildman–Crippen MR) is 78.4 cm³/mol. The molecule has 19 heavy (non-hydrogen) atoms. The lowest BCUT2D eigenvalue weighted by Crippen LogP contribution is -2.28. The zero-order valence-corrected chi connectivity index (χ0v) is 10.8. The molecule has 2 aromatic heterocycles. The summed E-state index contributed by atoms with van der Waals surface area (Å²) in [5.41, 5.74) is 3.61. The quantitative estimate of drug-likeness (QED) is 0.697. The lowest BCUT2D eigenvalue weighted by molar-refractivity contribution is 0.462. The van der Waals surface area contributed by atoms with Crippen LogP contribution in [0.3, 0.4) is 0 Å². The highest BCUT2D eigenvalue weighted by molar-refractivity contribution is 6.05. The van der Waals surface area contributed by atoms with Gasteiger partial charge in [-0.3, -0.25) is 0 Å². The van der Waals surface area contributed by atoms with E-state index < -0.39 is 0 Å². The zero-order chi connectivity index (χ0) is 12.7. The van der Waals surface area contributed by atoms with Crippen LogP contribution in [-0.4, -0.2) is 23.1 Å². The number of pyridine rings is 1. The summed E-state index contributed by atoms with van der Waals surface area (Å²) in [6, 6.07) is 10.9. The van der Waals surface area contributed by atoms with Crippen molar-refractivity contribution in [1.82, 2.24) is 15.3 Å². The summed E-state index contributed by atoms with van der Waals surface area (Å²) in [7, 11) is 0. The van der Waals surface area contributed by atoms with E-state index in [0.717, 1.165) is 18.7 Å². The van der Waals surface area contributed by atoms with E-state index in [4.69, 9.17) is 0 Å². The Morgan fingerprint density at radius 2 is 2.16 bits per heavy atom. The maximum Gasteiger partial charge on any atom is 0.138 e. The molecule has 3 heterocycles. The SMILES string of the molecule is c1cnc2[nH]c3ccc(C4CCCNC4)cc3c2c1. The Morgan fingerprint density at radius 3 is 3.05 bits per heavy atom. The van der Waals surface area contributed by atoms with Crippen molar-refractivity contribution in [3.8, 4) is 0 Å². The normalized spacial score (nSPS) is 20.1. The number of H-pyrrole nitrogens is 1. The van der Waals surface area contributed by atoms with Crippen molar-refractivity contribution < 1.29 is 0 Å². The van der Waals surface area contributed by atoms with Crippen molar-refractivity contribution in [3.05, 3.63) is 42.1 Å². The number of hydrogen-bond acceptors (Lipinski definition) is 2. The summed E-state index contributed by atoms with van der Waals surface area (Å²) >= 11 is 0. The first kappa shape index (κ1) is 11.0. The maximum atomic E-state index is 4.39. The van der Waals surface area contributed by atoms with Gasteiger partial charge in [-0.05, 0) is 55.1 Å². The topological polar surface area (TPSA) is 40.7 Å². The smallest absolute Gasteiger partial charge is 0.138 e. The Kier molecular flexibility index (Phi) is 2.52. The number of fused-ring (bicyclic) bond motifs is 3. The van der Waals surface area contributed by atoms with Gasteiger partial charge in [0.2, 0.25) is 0 Å². The summed E-state index contributed by atoms with van der Waals surface area (Å²) in [6.07, 6.45) is 4.40. The fourth-order valence-electron chi connectivity index (χ4n) is 3.13. The molecule has 3 heteroatoms. The summed E-state index contributed by atoms with van der Waals surface area (Å²) < 4.78 is 0. The number of nitrogens with one attached hydrogen (secondary N) is 2. The molecule has 3 aromatic rings. The molecule has 0 spiro atoms. The van der Waals surface area contributed by atoms with Crippen LogP contribution in [0.2, 0.25) is 0 Å². The van der Waals surface area contributed by atoms with Crippen molar-refractivity contribution in [2.24, 2.45) is 0 Å². The van der Waals surface area contributed by atoms with Gasteiger partial charge in [0.05, 0.1) is 0 Å². The third kappa shape index (κ3) is 1.81. The highest BCUT2D eigenvalue weighted by Crippen LogP contribution is 2.29. The number of benzene rings is 1. The van der Waals surface area contributed by atoms with Gasteiger partial charge in [0.1, 0.15) is 5.65 Å². The second-order valence-electron chi connectivity index (χ2n) is 5.37. The lowest BCUT2D eigenvalue weighted by atomic mass is 9.91. The van der Waals surface area contributed by atoms with Crippen LogP contribution in [-0.2, 0) is 0 Å². The molecule has 0 aliphatic carbocycles. The second-order valence-corrected chi connectivity index (χ2v) is 5.37. The van der Waals surface area contributed by atoms with E-state index in [9.17, 15) is 0 Å². The Morgan fingerprint density at radius 1 is 1.16 bits per heavy atom. The number of piperidine rings is 1. The third-order valence-electron chi connectivity index (χ3n) is 4.16. The number of aromatic amines is 1. The molecule has 0 amide bonds. The molecule has 2 N–H and O–H groups in total. The molecule has 0 saturated carbocycles. The van der Waals surface area contributed by atoms with Crippen molar-refractivity contribution in [2.75, 3.05) is 13.1 Å². The minimum atomic E-state index is 0.653. The average Bonchev–Trinajstić information content (AvgIpc) is 2.86. The summed E-state index contributed by atoms with van der Waals surface area (Å²) in [5, 5.41) is 6.01. The molecule has 4 rings (SSSR count). The summed E-state index contributed by atoms with van der Waals surface area (Å²) in [6.45, 7) is 2.27. The zero-order valence-electron chi connectivity index (χ0n) is 10.8. The van der Waals surface area contributed by atoms with Crippen molar-refractivity contribution in [3.63, 3.8) is 0 Å². The standard InChI is InChI=1S/C16H17N3/c1-3-12(10-17-7-1)11-5-6-15-14(9-11)13-4-2-8-18-16(13)19-15/h2,4-6,8-9,12,17H,1,3,7,10H2,(H,18,19). The lowest BCUT2D eigenvalue weighted by Gasteiger charge is -2.23. The molecule has 1 aliphatic rings. The number of aromatic nitrogens is 2. The van der Waals surface area contributed by atoms with Gasteiger partial charge in [-0.15, -0.1) is 0 Å². The first-order valence-electron chi connectivity index (χ1n) is 6.99. The van der Waals surface area contributed by atoms with Crippen molar-refractivity contribution >= 4 is 21.9 Å². The van der Waals surface area contributed by atoms with Gasteiger partial charge < -0.3 is 10.3 Å². The predicted octanol–water partition coefficient (Wildman–Crippen LogP) is 3.18. The molecule has 0 bridgehead atoms. The first-order valence-corrected chi connectivity index (χ1v) is 6.99.